The number of nitrogens with one attached hydrogen (secondary N) is 2. The first kappa shape index (κ1) is 19.0. The molecule has 0 aromatic carbocycles. The predicted molar refractivity (Wildman–Crippen MR) is 118 cm³/mol. The Hall–Kier alpha value is -1.50. The maximum absolute atomic E-state index is 13.4. The van der Waals surface area contributed by atoms with Gasteiger partial charge in [-0.05, 0) is 113 Å². The van der Waals surface area contributed by atoms with Crippen LogP contribution in [0.15, 0.2) is 0 Å². The lowest BCUT2D eigenvalue weighted by Gasteiger charge is -2.55. The van der Waals surface area contributed by atoms with Gasteiger partial charge < -0.3 is 10.6 Å². The molecule has 7 heteroatoms. The van der Waals surface area contributed by atoms with Crippen molar-refractivity contribution in [2.45, 2.75) is 77.0 Å². The van der Waals surface area contributed by atoms with E-state index in [0.29, 0.717) is 11.6 Å². The van der Waals surface area contributed by atoms with Crippen LogP contribution < -0.4 is 10.6 Å². The number of aromatic nitrogens is 2. The second kappa shape index (κ2) is 6.52. The summed E-state index contributed by atoms with van der Waals surface area (Å²) >= 11 is 1.07. The smallest absolute Gasteiger partial charge is 0.231 e. The van der Waals surface area contributed by atoms with Gasteiger partial charge in [0.1, 0.15) is 0 Å². The molecule has 0 unspecified atom stereocenters. The zero-order valence-corrected chi connectivity index (χ0v) is 18.9. The average Bonchev–Trinajstić information content (AvgIpc) is 3.12. The van der Waals surface area contributed by atoms with E-state index in [4.69, 9.17) is 0 Å². The molecule has 0 atom stereocenters. The van der Waals surface area contributed by atoms with Gasteiger partial charge in [0, 0.05) is 0 Å². The van der Waals surface area contributed by atoms with Gasteiger partial charge in [-0.1, -0.05) is 0 Å². The second-order valence-electron chi connectivity index (χ2n) is 12.3. The van der Waals surface area contributed by atoms with Gasteiger partial charge in [-0.2, -0.15) is 8.75 Å². The summed E-state index contributed by atoms with van der Waals surface area (Å²) in [5, 5.41) is 6.22. The maximum atomic E-state index is 13.4. The van der Waals surface area contributed by atoms with Crippen molar-refractivity contribution >= 4 is 35.2 Å². The molecule has 1 aromatic rings. The second-order valence-corrected chi connectivity index (χ2v) is 12.8. The Morgan fingerprint density at radius 1 is 0.613 bits per heavy atom. The highest BCUT2D eigenvalue weighted by Gasteiger charge is 2.56. The molecule has 9 rings (SSSR count). The molecule has 2 N–H and O–H groups in total. The highest BCUT2D eigenvalue weighted by atomic mass is 32.1. The predicted octanol–water partition coefficient (Wildman–Crippen LogP) is 4.85. The number of rotatable bonds is 4. The summed E-state index contributed by atoms with van der Waals surface area (Å²) in [6, 6.07) is 0. The van der Waals surface area contributed by atoms with Crippen molar-refractivity contribution in [1.29, 1.82) is 0 Å². The van der Waals surface area contributed by atoms with E-state index in [0.717, 1.165) is 85.8 Å². The van der Waals surface area contributed by atoms with Gasteiger partial charge in [0.25, 0.3) is 0 Å². The van der Waals surface area contributed by atoms with Gasteiger partial charge in [-0.25, -0.2) is 0 Å². The molecule has 0 radical (unpaired) electrons. The van der Waals surface area contributed by atoms with Crippen LogP contribution in [0.4, 0.5) is 11.6 Å². The summed E-state index contributed by atoms with van der Waals surface area (Å²) in [4.78, 5) is 26.9. The van der Waals surface area contributed by atoms with Gasteiger partial charge in [0.05, 0.1) is 22.6 Å². The number of amides is 2. The summed E-state index contributed by atoms with van der Waals surface area (Å²) in [6.07, 6.45) is 14.1. The minimum atomic E-state index is -0.223. The van der Waals surface area contributed by atoms with Gasteiger partial charge in [0.15, 0.2) is 11.6 Å². The van der Waals surface area contributed by atoms with E-state index >= 15 is 0 Å². The van der Waals surface area contributed by atoms with Crippen LogP contribution in [0.25, 0.3) is 0 Å². The van der Waals surface area contributed by atoms with Crippen molar-refractivity contribution in [1.82, 2.24) is 8.75 Å². The number of carbonyl (C=O) groups is 2. The third-order valence-electron chi connectivity index (χ3n) is 9.99. The Labute approximate surface area is 187 Å². The molecule has 0 saturated heterocycles. The molecule has 6 nitrogen and oxygen atoms in total. The first-order chi connectivity index (χ1) is 15.0. The van der Waals surface area contributed by atoms with Crippen molar-refractivity contribution in [3.63, 3.8) is 0 Å². The normalized spacial score (nSPS) is 46.3. The van der Waals surface area contributed by atoms with Crippen LogP contribution in [0.2, 0.25) is 0 Å². The van der Waals surface area contributed by atoms with E-state index < -0.39 is 0 Å². The largest absolute Gasteiger partial charge is 0.306 e. The van der Waals surface area contributed by atoms with E-state index in [1.165, 1.54) is 38.5 Å². The third-order valence-corrected chi connectivity index (χ3v) is 10.5. The Kier molecular flexibility index (Phi) is 4.00. The summed E-state index contributed by atoms with van der Waals surface area (Å²) < 4.78 is 8.73. The first-order valence-corrected chi connectivity index (χ1v) is 13.2. The Balaban J connectivity index is 1.08. The fraction of sp³-hybridized carbons (Fsp3) is 0.833. The van der Waals surface area contributed by atoms with Gasteiger partial charge in [-0.3, -0.25) is 9.59 Å². The molecule has 8 aliphatic carbocycles. The Bertz CT molecular complexity index is 797. The van der Waals surface area contributed by atoms with Gasteiger partial charge >= 0.3 is 0 Å². The number of carbonyl (C=O) groups excluding carboxylic acids is 2. The maximum Gasteiger partial charge on any atom is 0.231 e. The van der Waals surface area contributed by atoms with Gasteiger partial charge in [-0.15, -0.1) is 0 Å². The summed E-state index contributed by atoms with van der Waals surface area (Å²) in [5.41, 5.74) is -0.445. The summed E-state index contributed by atoms with van der Waals surface area (Å²) in [5.74, 6) is 5.49. The fourth-order valence-corrected chi connectivity index (χ4v) is 10.1. The molecule has 8 aliphatic rings. The van der Waals surface area contributed by atoms with E-state index in [-0.39, 0.29) is 22.6 Å². The molecule has 8 fully saturated rings. The molecule has 8 bridgehead atoms. The van der Waals surface area contributed by atoms with Crippen LogP contribution in [0.3, 0.4) is 0 Å². The zero-order valence-electron chi connectivity index (χ0n) is 18.1. The van der Waals surface area contributed by atoms with Crippen molar-refractivity contribution in [2.24, 2.45) is 46.3 Å². The molecule has 166 valence electrons. The highest BCUT2D eigenvalue weighted by molar-refractivity contribution is 6.99. The van der Waals surface area contributed by atoms with Crippen LogP contribution in [-0.2, 0) is 9.59 Å². The number of hydrogen-bond donors (Lipinski definition) is 2. The SMILES string of the molecule is O=C(Nc1nsnc1NC(=O)C12CC3CC(CC(C3)C1)C2)C12CC3CC(CC(C3)C1)C2. The van der Waals surface area contributed by atoms with Crippen LogP contribution >= 0.6 is 11.7 Å². The monoisotopic (exact) mass is 440 g/mol. The van der Waals surface area contributed by atoms with E-state index in [9.17, 15) is 9.59 Å². The van der Waals surface area contributed by atoms with Crippen molar-refractivity contribution < 1.29 is 9.59 Å². The molecular formula is C24H32N4O2S. The molecule has 1 heterocycles. The lowest BCUT2D eigenvalue weighted by molar-refractivity contribution is -0.141. The molecule has 1 aromatic heterocycles. The van der Waals surface area contributed by atoms with Crippen molar-refractivity contribution in [2.75, 3.05) is 10.6 Å². The molecule has 0 spiro atoms. The Morgan fingerprint density at radius 3 is 1.19 bits per heavy atom. The van der Waals surface area contributed by atoms with Crippen LogP contribution in [0.5, 0.6) is 0 Å². The molecule has 8 saturated carbocycles. The minimum Gasteiger partial charge on any atom is -0.306 e. The number of hydrogen-bond acceptors (Lipinski definition) is 5. The fourth-order valence-electron chi connectivity index (χ4n) is 9.61. The van der Waals surface area contributed by atoms with Crippen molar-refractivity contribution in [3.8, 4) is 0 Å². The van der Waals surface area contributed by atoms with E-state index in [2.05, 4.69) is 19.4 Å². The zero-order chi connectivity index (χ0) is 20.8. The molecule has 31 heavy (non-hydrogen) atoms. The Morgan fingerprint density at radius 2 is 0.903 bits per heavy atom. The van der Waals surface area contributed by atoms with E-state index in [1.54, 1.807) is 0 Å². The summed E-state index contributed by atoms with van der Waals surface area (Å²) in [6.45, 7) is 0. The summed E-state index contributed by atoms with van der Waals surface area (Å²) in [7, 11) is 0. The van der Waals surface area contributed by atoms with Crippen LogP contribution in [0.1, 0.15) is 77.0 Å². The van der Waals surface area contributed by atoms with E-state index in [1.807, 2.05) is 0 Å². The van der Waals surface area contributed by atoms with Crippen LogP contribution in [0, 0.1) is 46.3 Å². The lowest BCUT2D eigenvalue weighted by Crippen LogP contribution is -2.52. The third kappa shape index (κ3) is 2.94. The highest BCUT2D eigenvalue weighted by Crippen LogP contribution is 2.61. The number of nitrogens with zero attached hydrogens (tertiary/aromatic N) is 2. The van der Waals surface area contributed by atoms with Gasteiger partial charge in [0.2, 0.25) is 11.8 Å². The molecular weight excluding hydrogens is 408 g/mol. The quantitative estimate of drug-likeness (QED) is 0.701. The van der Waals surface area contributed by atoms with Crippen LogP contribution in [-0.4, -0.2) is 20.6 Å². The van der Waals surface area contributed by atoms with Crippen molar-refractivity contribution in [3.05, 3.63) is 0 Å². The first-order valence-electron chi connectivity index (χ1n) is 12.4. The minimum absolute atomic E-state index is 0.115. The standard InChI is InChI=1S/C24H32N4O2S/c29-21(23-7-13-1-14(8-23)3-15(2-13)9-23)25-19-20(28-31-27-19)26-22(30)24-10-16-4-17(11-24)6-18(5-16)12-24/h13-18H,1-12H2,(H,25,27,29)(H,26,28,30). The number of anilines is 2. The molecule has 2 amide bonds. The lowest BCUT2D eigenvalue weighted by atomic mass is 9.49. The topological polar surface area (TPSA) is 84.0 Å². The molecule has 0 aliphatic heterocycles. The average molecular weight is 441 g/mol.